The van der Waals surface area contributed by atoms with E-state index < -0.39 is 11.2 Å². The van der Waals surface area contributed by atoms with Crippen molar-refractivity contribution >= 4 is 22.8 Å². The van der Waals surface area contributed by atoms with E-state index in [0.29, 0.717) is 12.5 Å². The minimum absolute atomic E-state index is 0.111. The number of hydrogen-bond donors (Lipinski definition) is 3. The predicted octanol–water partition coefficient (Wildman–Crippen LogP) is 3.58. The maximum absolute atomic E-state index is 12.4. The van der Waals surface area contributed by atoms with Gasteiger partial charge in [-0.3, -0.25) is 14.3 Å². The summed E-state index contributed by atoms with van der Waals surface area (Å²) in [5.41, 5.74) is 5.01. The Kier molecular flexibility index (Phi) is 9.40. The summed E-state index contributed by atoms with van der Waals surface area (Å²) in [5.74, 6) is 0.224. The highest BCUT2D eigenvalue weighted by Gasteiger charge is 2.14. The molecule has 0 saturated heterocycles. The van der Waals surface area contributed by atoms with Crippen molar-refractivity contribution in [2.45, 2.75) is 77.7 Å². The molecule has 0 aliphatic rings. The summed E-state index contributed by atoms with van der Waals surface area (Å²) < 4.78 is 1.29. The molecule has 160 valence electrons. The minimum atomic E-state index is -0.548. The van der Waals surface area contributed by atoms with Gasteiger partial charge >= 0.3 is 5.69 Å². The number of hydrogen-bond acceptors (Lipinski definition) is 6. The molecule has 2 rings (SSSR count). The maximum Gasteiger partial charge on any atom is 0.351 e. The Labute approximate surface area is 171 Å². The normalized spacial score (nSPS) is 11.1. The number of nitrogen functional groups attached to an aromatic ring is 1. The van der Waals surface area contributed by atoms with Gasteiger partial charge in [-0.05, 0) is 6.42 Å². The van der Waals surface area contributed by atoms with Crippen LogP contribution in [-0.2, 0) is 6.54 Å². The van der Waals surface area contributed by atoms with Crippen molar-refractivity contribution in [2.75, 3.05) is 17.6 Å². The van der Waals surface area contributed by atoms with Gasteiger partial charge in [0, 0.05) is 13.1 Å². The van der Waals surface area contributed by atoms with E-state index >= 15 is 0 Å². The molecule has 2 aromatic heterocycles. The van der Waals surface area contributed by atoms with Gasteiger partial charge in [-0.25, -0.2) is 4.79 Å². The molecule has 8 nitrogen and oxygen atoms in total. The predicted molar refractivity (Wildman–Crippen MR) is 119 cm³/mol. The lowest BCUT2D eigenvalue weighted by Crippen LogP contribution is -2.28. The number of unbranched alkanes of at least 4 members (excludes halogenated alkanes) is 9. The molecule has 0 saturated carbocycles. The number of aromatic nitrogens is 4. The highest BCUT2D eigenvalue weighted by molar-refractivity contribution is 5.85. The summed E-state index contributed by atoms with van der Waals surface area (Å²) in [6, 6.07) is 0. The van der Waals surface area contributed by atoms with Crippen LogP contribution in [0.5, 0.6) is 0 Å². The first kappa shape index (κ1) is 22.6. The second-order valence-electron chi connectivity index (χ2n) is 7.40. The van der Waals surface area contributed by atoms with Crippen molar-refractivity contribution in [2.24, 2.45) is 0 Å². The zero-order valence-electron chi connectivity index (χ0n) is 17.5. The summed E-state index contributed by atoms with van der Waals surface area (Å²) in [6.07, 6.45) is 14.2. The zero-order valence-corrected chi connectivity index (χ0v) is 17.5. The Morgan fingerprint density at radius 1 is 1.03 bits per heavy atom. The van der Waals surface area contributed by atoms with Gasteiger partial charge in [0.1, 0.15) is 11.2 Å². The molecule has 2 heterocycles. The first-order valence-corrected chi connectivity index (χ1v) is 10.7. The molecule has 2 aromatic rings. The van der Waals surface area contributed by atoms with Crippen molar-refractivity contribution in [3.05, 3.63) is 33.5 Å². The van der Waals surface area contributed by atoms with Crippen LogP contribution in [0, 0.1) is 0 Å². The second-order valence-corrected chi connectivity index (χ2v) is 7.40. The Bertz CT molecular complexity index is 902. The van der Waals surface area contributed by atoms with Crippen LogP contribution in [-0.4, -0.2) is 26.1 Å². The van der Waals surface area contributed by atoms with E-state index in [1.54, 1.807) is 6.08 Å². The van der Waals surface area contributed by atoms with Crippen LogP contribution in [0.4, 0.5) is 11.8 Å². The van der Waals surface area contributed by atoms with Gasteiger partial charge in [0.05, 0.1) is 0 Å². The largest absolute Gasteiger partial charge is 0.383 e. The number of nitrogens with two attached hydrogens (primary N) is 1. The van der Waals surface area contributed by atoms with E-state index in [1.165, 1.54) is 55.9 Å². The topological polar surface area (TPSA) is 119 Å². The van der Waals surface area contributed by atoms with Gasteiger partial charge in [0.2, 0.25) is 5.95 Å². The van der Waals surface area contributed by atoms with E-state index in [0.717, 1.165) is 12.8 Å². The molecular formula is C21H34N6O2. The highest BCUT2D eigenvalue weighted by atomic mass is 16.1. The third-order valence-electron chi connectivity index (χ3n) is 4.99. The molecular weight excluding hydrogens is 368 g/mol. The van der Waals surface area contributed by atoms with Crippen LogP contribution in [0.1, 0.15) is 71.1 Å². The molecule has 4 N–H and O–H groups in total. The van der Waals surface area contributed by atoms with Crippen molar-refractivity contribution in [1.82, 2.24) is 19.5 Å². The van der Waals surface area contributed by atoms with Crippen LogP contribution in [0.25, 0.3) is 11.0 Å². The van der Waals surface area contributed by atoms with E-state index in [2.05, 4.69) is 33.8 Å². The first-order valence-electron chi connectivity index (χ1n) is 10.7. The van der Waals surface area contributed by atoms with Gasteiger partial charge in [-0.1, -0.05) is 70.8 Å². The third kappa shape index (κ3) is 6.73. The Morgan fingerprint density at radius 2 is 1.66 bits per heavy atom. The molecule has 0 radical (unpaired) electrons. The van der Waals surface area contributed by atoms with Gasteiger partial charge < -0.3 is 11.1 Å². The fraction of sp³-hybridized carbons (Fsp3) is 0.619. The molecule has 0 atom stereocenters. The molecule has 0 spiro atoms. The van der Waals surface area contributed by atoms with Gasteiger partial charge in [0.15, 0.2) is 5.65 Å². The molecule has 8 heteroatoms. The number of anilines is 2. The molecule has 0 aliphatic heterocycles. The molecule has 0 bridgehead atoms. The Balaban J connectivity index is 1.85. The monoisotopic (exact) mass is 402 g/mol. The third-order valence-corrected chi connectivity index (χ3v) is 4.99. The summed E-state index contributed by atoms with van der Waals surface area (Å²) in [7, 11) is 0. The number of rotatable bonds is 14. The van der Waals surface area contributed by atoms with Crippen molar-refractivity contribution in [3.63, 3.8) is 0 Å². The van der Waals surface area contributed by atoms with E-state index in [9.17, 15) is 9.59 Å². The van der Waals surface area contributed by atoms with Crippen LogP contribution >= 0.6 is 0 Å². The lowest BCUT2D eigenvalue weighted by Gasteiger charge is -2.10. The average Bonchev–Trinajstić information content (AvgIpc) is 2.68. The fourth-order valence-electron chi connectivity index (χ4n) is 3.39. The number of fused-ring (bicyclic) bond motifs is 1. The Hall–Kier alpha value is -2.64. The number of aromatic amines is 1. The summed E-state index contributed by atoms with van der Waals surface area (Å²) in [6.45, 7) is 6.78. The van der Waals surface area contributed by atoms with E-state index in [4.69, 9.17) is 5.73 Å². The lowest BCUT2D eigenvalue weighted by molar-refractivity contribution is 0.559. The molecule has 29 heavy (non-hydrogen) atoms. The molecule has 0 aromatic carbocycles. The Morgan fingerprint density at radius 3 is 2.28 bits per heavy atom. The number of nitrogens with one attached hydrogen (secondary N) is 2. The van der Waals surface area contributed by atoms with Gasteiger partial charge in [0.25, 0.3) is 5.56 Å². The van der Waals surface area contributed by atoms with Crippen molar-refractivity contribution < 1.29 is 0 Å². The van der Waals surface area contributed by atoms with Crippen LogP contribution in [0.15, 0.2) is 22.2 Å². The fourth-order valence-corrected chi connectivity index (χ4v) is 3.39. The molecule has 0 aliphatic carbocycles. The van der Waals surface area contributed by atoms with Gasteiger partial charge in [-0.15, -0.1) is 6.58 Å². The molecule has 0 fully saturated rings. The van der Waals surface area contributed by atoms with Crippen LogP contribution < -0.4 is 22.3 Å². The van der Waals surface area contributed by atoms with Crippen LogP contribution in [0.3, 0.4) is 0 Å². The first-order chi connectivity index (χ1) is 14.1. The quantitative estimate of drug-likeness (QED) is 0.328. The maximum atomic E-state index is 12.4. The van der Waals surface area contributed by atoms with E-state index in [-0.39, 0.29) is 23.4 Å². The van der Waals surface area contributed by atoms with Gasteiger partial charge in [-0.2, -0.15) is 9.97 Å². The zero-order chi connectivity index (χ0) is 21.1. The standard InChI is InChI=1S/C21H34N6O2/c1-3-5-6-7-8-9-10-11-12-13-14-23-20-25-18-16(19(28)26-20)17(22)24-21(29)27(18)15-4-2/h4H,2-3,5-15H2,1H3,(H2,22,24,29)(H2,23,25,26,28). The summed E-state index contributed by atoms with van der Waals surface area (Å²) in [5, 5.41) is 3.26. The average molecular weight is 403 g/mol. The SMILES string of the molecule is C=CCn1c(=O)nc(N)c2c(=O)[nH]c(NCCCCCCCCCCCC)nc21. The number of H-pyrrole nitrogens is 1. The minimum Gasteiger partial charge on any atom is -0.383 e. The smallest absolute Gasteiger partial charge is 0.351 e. The lowest BCUT2D eigenvalue weighted by atomic mass is 10.1. The van der Waals surface area contributed by atoms with E-state index in [1.807, 2.05) is 0 Å². The second kappa shape index (κ2) is 12.0. The molecule has 0 unspecified atom stereocenters. The number of allylic oxidation sites excluding steroid dienone is 1. The highest BCUT2D eigenvalue weighted by Crippen LogP contribution is 2.13. The van der Waals surface area contributed by atoms with Crippen LogP contribution in [0.2, 0.25) is 0 Å². The van der Waals surface area contributed by atoms with Crippen molar-refractivity contribution in [1.29, 1.82) is 0 Å². The summed E-state index contributed by atoms with van der Waals surface area (Å²) in [4.78, 5) is 35.2. The molecule has 0 amide bonds. The number of nitrogens with zero attached hydrogens (tertiary/aromatic N) is 3. The van der Waals surface area contributed by atoms with Crippen molar-refractivity contribution in [3.8, 4) is 0 Å². The summed E-state index contributed by atoms with van der Waals surface area (Å²) >= 11 is 0.